The molecule has 0 aromatic heterocycles. The number of methoxy groups -OCH3 is 1. The molecule has 0 aliphatic heterocycles. The smallest absolute Gasteiger partial charge is 0.335 e. The summed E-state index contributed by atoms with van der Waals surface area (Å²) < 4.78 is 58.3. The largest absolute Gasteiger partial charge is 0.494 e. The Labute approximate surface area is 193 Å². The van der Waals surface area contributed by atoms with E-state index in [9.17, 15) is 26.7 Å². The maximum atomic E-state index is 13.2. The fraction of sp³-hybridized carbons (Fsp3) is 0.526. The van der Waals surface area contributed by atoms with E-state index >= 15 is 0 Å². The summed E-state index contributed by atoms with van der Waals surface area (Å²) in [6.07, 6.45) is 4.13. The van der Waals surface area contributed by atoms with Crippen LogP contribution in [0.5, 0.6) is 5.75 Å². The predicted octanol–water partition coefficient (Wildman–Crippen LogP) is 3.93. The number of halogens is 2. The van der Waals surface area contributed by atoms with Crippen molar-refractivity contribution in [3.8, 4) is 5.75 Å². The van der Waals surface area contributed by atoms with E-state index in [1.165, 1.54) is 19.3 Å². The fourth-order valence-electron chi connectivity index (χ4n) is 2.82. The predicted molar refractivity (Wildman–Crippen MR) is 125 cm³/mol. The number of hydrogen-bond donors (Lipinski definition) is 1. The summed E-state index contributed by atoms with van der Waals surface area (Å²) in [7, 11) is -7.53. The molecule has 0 heterocycles. The number of carboxylic acid groups (broad SMARTS) is 1. The number of allylic oxidation sites excluding steroid dienone is 1. The lowest BCUT2D eigenvalue weighted by Crippen LogP contribution is -2.40. The minimum absolute atomic E-state index is 0.0649. The minimum atomic E-state index is -4.39. The van der Waals surface area contributed by atoms with E-state index in [1.807, 2.05) is 0 Å². The maximum Gasteiger partial charge on any atom is 0.335 e. The monoisotopic (exact) mass is 515 g/mol. The first kappa shape index (κ1) is 27.5. The Morgan fingerprint density at radius 3 is 1.94 bits per heavy atom. The number of nitrogens with zero attached hydrogens (tertiary/aromatic N) is 1. The highest BCUT2D eigenvalue weighted by atomic mass is 35.5. The molecule has 1 N–H and O–H groups in total. The van der Waals surface area contributed by atoms with E-state index in [1.54, 1.807) is 13.0 Å². The van der Waals surface area contributed by atoms with Crippen molar-refractivity contribution in [2.45, 2.75) is 32.6 Å². The first-order valence-corrected chi connectivity index (χ1v) is 13.8. The van der Waals surface area contributed by atoms with E-state index < -0.39 is 37.5 Å². The molecule has 0 fully saturated rings. The summed E-state index contributed by atoms with van der Waals surface area (Å²) in [6, 6.07) is 2.27. The number of carboxylic acids is 1. The van der Waals surface area contributed by atoms with Gasteiger partial charge in [0, 0.05) is 17.3 Å². The molecule has 0 unspecified atom stereocenters. The third kappa shape index (κ3) is 7.55. The molecular weight excluding hydrogens is 489 g/mol. The second kappa shape index (κ2) is 12.5. The molecule has 176 valence electrons. The number of hydrogen-bond acceptors (Lipinski definition) is 6. The van der Waals surface area contributed by atoms with Crippen LogP contribution in [0.1, 0.15) is 48.5 Å². The highest BCUT2D eigenvalue weighted by molar-refractivity contribution is 8.10. The molecular formula is C19H27Cl2NO7S2. The van der Waals surface area contributed by atoms with Crippen LogP contribution in [0, 0.1) is 0 Å². The number of benzene rings is 1. The third-order valence-corrected chi connectivity index (χ3v) is 9.08. The average molecular weight is 516 g/mol. The number of unbranched alkanes of at least 4 members (excludes halogenated alkanes) is 2. The molecule has 0 saturated heterocycles. The van der Waals surface area contributed by atoms with E-state index in [2.05, 4.69) is 0 Å². The molecule has 1 rings (SSSR count). The highest BCUT2D eigenvalue weighted by Gasteiger charge is 2.36. The maximum absolute atomic E-state index is 13.2. The van der Waals surface area contributed by atoms with Gasteiger partial charge in [-0.3, -0.25) is 0 Å². The van der Waals surface area contributed by atoms with Gasteiger partial charge in [0.1, 0.15) is 5.69 Å². The van der Waals surface area contributed by atoms with Crippen molar-refractivity contribution < 1.29 is 31.5 Å². The van der Waals surface area contributed by atoms with Crippen LogP contribution in [-0.4, -0.2) is 58.3 Å². The van der Waals surface area contributed by atoms with Gasteiger partial charge in [0.25, 0.3) is 0 Å². The summed E-state index contributed by atoms with van der Waals surface area (Å²) in [6.45, 7) is 1.68. The molecule has 0 aliphatic rings. The van der Waals surface area contributed by atoms with Crippen molar-refractivity contribution in [2.75, 3.05) is 34.1 Å². The van der Waals surface area contributed by atoms with Crippen LogP contribution in [0.3, 0.4) is 0 Å². The molecule has 0 amide bonds. The summed E-state index contributed by atoms with van der Waals surface area (Å²) in [5, 5.41) is 9.49. The van der Waals surface area contributed by atoms with Crippen molar-refractivity contribution in [2.24, 2.45) is 0 Å². The molecule has 31 heavy (non-hydrogen) atoms. The topological polar surface area (TPSA) is 118 Å². The van der Waals surface area contributed by atoms with Crippen LogP contribution in [0.25, 0.3) is 6.08 Å². The van der Waals surface area contributed by atoms with Crippen molar-refractivity contribution in [1.29, 1.82) is 0 Å². The zero-order valence-electron chi connectivity index (χ0n) is 17.4. The Balaban J connectivity index is 3.81. The molecule has 0 spiro atoms. The molecule has 0 bridgehead atoms. The first-order valence-electron chi connectivity index (χ1n) is 9.51. The van der Waals surface area contributed by atoms with Gasteiger partial charge in [0.2, 0.25) is 20.0 Å². The normalized spacial score (nSPS) is 12.3. The molecule has 0 saturated carbocycles. The van der Waals surface area contributed by atoms with Gasteiger partial charge in [-0.15, -0.1) is 23.2 Å². The van der Waals surface area contributed by atoms with Crippen molar-refractivity contribution in [1.82, 2.24) is 0 Å². The average Bonchev–Trinajstić information content (AvgIpc) is 2.67. The number of aromatic carboxylic acids is 1. The van der Waals surface area contributed by atoms with E-state index in [-0.39, 0.29) is 47.2 Å². The second-order valence-corrected chi connectivity index (χ2v) is 11.4. The van der Waals surface area contributed by atoms with Crippen LogP contribution >= 0.6 is 23.2 Å². The summed E-state index contributed by atoms with van der Waals surface area (Å²) in [5.41, 5.74) is -0.412. The number of rotatable bonds is 14. The number of carbonyl (C=O) groups is 1. The Kier molecular flexibility index (Phi) is 11.1. The molecule has 0 aliphatic carbocycles. The standard InChI is InChI=1S/C19H27Cl2NO7S2/c1-3-8-15-13-16(19(23)24)14-17(18(15)29-2)22(30(25,26)11-6-4-9-20)31(27,28)12-7-5-10-21/h3,8,13-14H,4-7,9-12H2,1-2H3,(H,23,24). The molecule has 0 radical (unpaired) electrons. The molecule has 1 aromatic rings. The lowest BCUT2D eigenvalue weighted by atomic mass is 10.1. The number of ether oxygens (including phenoxy) is 1. The van der Waals surface area contributed by atoms with E-state index in [0.717, 1.165) is 6.07 Å². The van der Waals surface area contributed by atoms with Crippen LogP contribution in [0.2, 0.25) is 0 Å². The zero-order valence-corrected chi connectivity index (χ0v) is 20.5. The van der Waals surface area contributed by atoms with Gasteiger partial charge >= 0.3 is 5.97 Å². The SMILES string of the molecule is CC=Cc1cc(C(=O)O)cc(N(S(=O)(=O)CCCCCl)S(=O)(=O)CCCCCl)c1OC. The minimum Gasteiger partial charge on any atom is -0.494 e. The van der Waals surface area contributed by atoms with Gasteiger partial charge < -0.3 is 9.84 Å². The van der Waals surface area contributed by atoms with Crippen molar-refractivity contribution in [3.05, 3.63) is 29.3 Å². The molecule has 0 atom stereocenters. The lowest BCUT2D eigenvalue weighted by molar-refractivity contribution is 0.0696. The Hall–Kier alpha value is -1.49. The van der Waals surface area contributed by atoms with Crippen LogP contribution < -0.4 is 8.45 Å². The summed E-state index contributed by atoms with van der Waals surface area (Å²) in [4.78, 5) is 11.6. The summed E-state index contributed by atoms with van der Waals surface area (Å²) >= 11 is 11.3. The van der Waals surface area contributed by atoms with Crippen LogP contribution in [0.15, 0.2) is 18.2 Å². The van der Waals surface area contributed by atoms with Gasteiger partial charge in [0.15, 0.2) is 5.75 Å². The van der Waals surface area contributed by atoms with Gasteiger partial charge in [0.05, 0.1) is 24.2 Å². The van der Waals surface area contributed by atoms with Crippen LogP contribution in [0.4, 0.5) is 5.69 Å². The summed E-state index contributed by atoms with van der Waals surface area (Å²) in [5.74, 6) is -1.91. The van der Waals surface area contributed by atoms with Gasteiger partial charge in [-0.25, -0.2) is 21.6 Å². The molecule has 8 nitrogen and oxygen atoms in total. The van der Waals surface area contributed by atoms with Crippen molar-refractivity contribution in [3.63, 3.8) is 0 Å². The van der Waals surface area contributed by atoms with Gasteiger partial charge in [-0.1, -0.05) is 12.2 Å². The highest BCUT2D eigenvalue weighted by Crippen LogP contribution is 2.38. The first-order chi connectivity index (χ1) is 14.6. The Morgan fingerprint density at radius 1 is 1.03 bits per heavy atom. The Morgan fingerprint density at radius 2 is 1.55 bits per heavy atom. The van der Waals surface area contributed by atoms with Crippen LogP contribution in [-0.2, 0) is 20.0 Å². The molecule has 12 heteroatoms. The Bertz CT molecular complexity index is 953. The number of anilines is 1. The number of sulfonamides is 2. The van der Waals surface area contributed by atoms with Gasteiger partial charge in [-0.05, 0) is 44.7 Å². The quantitative estimate of drug-likeness (QED) is 0.294. The molecule has 1 aromatic carbocycles. The fourth-order valence-corrected chi connectivity index (χ4v) is 7.37. The lowest BCUT2D eigenvalue weighted by Gasteiger charge is -2.26. The second-order valence-electron chi connectivity index (χ2n) is 6.54. The third-order valence-electron chi connectivity index (χ3n) is 4.17. The number of alkyl halides is 2. The van der Waals surface area contributed by atoms with E-state index in [4.69, 9.17) is 27.9 Å². The zero-order chi connectivity index (χ0) is 23.7. The van der Waals surface area contributed by atoms with Crippen molar-refractivity contribution >= 4 is 61.0 Å². The van der Waals surface area contributed by atoms with Gasteiger partial charge in [-0.2, -0.15) is 3.71 Å². The van der Waals surface area contributed by atoms with E-state index in [0.29, 0.717) is 16.6 Å².